The number of β-amino-alcohol motifs (C(OH)–C–C–N with tert-alkyl or cyclic N) is 1. The summed E-state index contributed by atoms with van der Waals surface area (Å²) < 4.78 is 5.32. The maximum absolute atomic E-state index is 10.2. The SMILES string of the molecule is COC1CCN(CC(O)c2ccc(C(N)=S)cc2)C1. The van der Waals surface area contributed by atoms with Crippen LogP contribution in [-0.2, 0) is 4.74 Å². The van der Waals surface area contributed by atoms with Crippen LogP contribution in [-0.4, -0.2) is 47.8 Å². The number of nitrogens with zero attached hydrogens (tertiary/aromatic N) is 1. The molecule has 2 rings (SSSR count). The number of nitrogens with two attached hydrogens (primary N) is 1. The number of hydrogen-bond acceptors (Lipinski definition) is 4. The lowest BCUT2D eigenvalue weighted by molar-refractivity contribution is 0.0898. The number of methoxy groups -OCH3 is 1. The Balaban J connectivity index is 1.92. The Morgan fingerprint density at radius 1 is 1.53 bits per heavy atom. The van der Waals surface area contributed by atoms with Gasteiger partial charge in [0.1, 0.15) is 4.99 Å². The number of rotatable bonds is 5. The largest absolute Gasteiger partial charge is 0.389 e. The molecule has 1 saturated heterocycles. The van der Waals surface area contributed by atoms with E-state index in [1.165, 1.54) is 0 Å². The summed E-state index contributed by atoms with van der Waals surface area (Å²) in [5, 5.41) is 10.2. The molecule has 1 heterocycles. The number of aliphatic hydroxyl groups excluding tert-OH is 1. The van der Waals surface area contributed by atoms with Crippen LogP contribution >= 0.6 is 12.2 Å². The van der Waals surface area contributed by atoms with Gasteiger partial charge in [0.15, 0.2) is 0 Å². The van der Waals surface area contributed by atoms with E-state index in [0.29, 0.717) is 17.6 Å². The van der Waals surface area contributed by atoms with Crippen LogP contribution in [0.25, 0.3) is 0 Å². The van der Waals surface area contributed by atoms with Crippen molar-refractivity contribution in [3.63, 3.8) is 0 Å². The van der Waals surface area contributed by atoms with E-state index in [4.69, 9.17) is 22.7 Å². The third-order valence-corrected chi connectivity index (χ3v) is 3.81. The van der Waals surface area contributed by atoms with Crippen LogP contribution in [0.1, 0.15) is 23.7 Å². The number of thiocarbonyl (C=S) groups is 1. The first kappa shape index (κ1) is 14.4. The number of benzene rings is 1. The summed E-state index contributed by atoms with van der Waals surface area (Å²) in [5.74, 6) is 0. The van der Waals surface area contributed by atoms with Crippen LogP contribution in [0.15, 0.2) is 24.3 Å². The number of hydrogen-bond donors (Lipinski definition) is 2. The second-order valence-electron chi connectivity index (χ2n) is 4.91. The maximum Gasteiger partial charge on any atom is 0.103 e. The molecule has 1 aliphatic rings. The van der Waals surface area contributed by atoms with Crippen LogP contribution in [0.4, 0.5) is 0 Å². The van der Waals surface area contributed by atoms with Crippen molar-refractivity contribution in [3.05, 3.63) is 35.4 Å². The molecule has 4 nitrogen and oxygen atoms in total. The normalized spacial score (nSPS) is 21.5. The molecule has 0 aliphatic carbocycles. The number of aliphatic hydroxyl groups is 1. The average Bonchev–Trinajstić information content (AvgIpc) is 2.86. The summed E-state index contributed by atoms with van der Waals surface area (Å²) in [6.45, 7) is 2.49. The fraction of sp³-hybridized carbons (Fsp3) is 0.500. The molecule has 5 heteroatoms. The smallest absolute Gasteiger partial charge is 0.103 e. The van der Waals surface area contributed by atoms with Gasteiger partial charge in [0.05, 0.1) is 12.2 Å². The van der Waals surface area contributed by atoms with Gasteiger partial charge in [0.25, 0.3) is 0 Å². The Labute approximate surface area is 119 Å². The minimum absolute atomic E-state index is 0.296. The van der Waals surface area contributed by atoms with Gasteiger partial charge in [0.2, 0.25) is 0 Å². The van der Waals surface area contributed by atoms with E-state index in [9.17, 15) is 5.11 Å². The Kier molecular flexibility index (Phi) is 4.87. The molecule has 0 saturated carbocycles. The van der Waals surface area contributed by atoms with E-state index in [-0.39, 0.29) is 0 Å². The second-order valence-corrected chi connectivity index (χ2v) is 5.35. The van der Waals surface area contributed by atoms with E-state index in [1.807, 2.05) is 24.3 Å². The summed E-state index contributed by atoms with van der Waals surface area (Å²) in [6, 6.07) is 7.46. The monoisotopic (exact) mass is 280 g/mol. The van der Waals surface area contributed by atoms with Crippen LogP contribution in [0.3, 0.4) is 0 Å². The summed E-state index contributed by atoms with van der Waals surface area (Å²) in [5.41, 5.74) is 7.26. The minimum Gasteiger partial charge on any atom is -0.389 e. The van der Waals surface area contributed by atoms with Gasteiger partial charge in [-0.1, -0.05) is 36.5 Å². The topological polar surface area (TPSA) is 58.7 Å². The average molecular weight is 280 g/mol. The molecule has 1 fully saturated rings. The van der Waals surface area contributed by atoms with Crippen molar-refractivity contribution in [1.29, 1.82) is 0 Å². The van der Waals surface area contributed by atoms with Gasteiger partial charge in [-0.2, -0.15) is 0 Å². The number of ether oxygens (including phenoxy) is 1. The highest BCUT2D eigenvalue weighted by molar-refractivity contribution is 7.80. The zero-order valence-corrected chi connectivity index (χ0v) is 11.9. The van der Waals surface area contributed by atoms with Crippen molar-refractivity contribution in [3.8, 4) is 0 Å². The molecule has 0 spiro atoms. The summed E-state index contributed by atoms with van der Waals surface area (Å²) in [6.07, 6.45) is 0.837. The lowest BCUT2D eigenvalue weighted by Gasteiger charge is -2.20. The highest BCUT2D eigenvalue weighted by Gasteiger charge is 2.24. The van der Waals surface area contributed by atoms with Gasteiger partial charge in [-0.3, -0.25) is 4.90 Å². The minimum atomic E-state index is -0.490. The molecule has 104 valence electrons. The zero-order chi connectivity index (χ0) is 13.8. The first-order valence-electron chi connectivity index (χ1n) is 6.43. The Morgan fingerprint density at radius 2 is 2.21 bits per heavy atom. The highest BCUT2D eigenvalue weighted by atomic mass is 32.1. The van der Waals surface area contributed by atoms with Crippen LogP contribution in [0, 0.1) is 0 Å². The molecular weight excluding hydrogens is 260 g/mol. The van der Waals surface area contributed by atoms with Crippen molar-refractivity contribution in [2.45, 2.75) is 18.6 Å². The molecule has 0 bridgehead atoms. The van der Waals surface area contributed by atoms with E-state index in [2.05, 4.69) is 4.90 Å². The molecular formula is C14H20N2O2S. The first-order chi connectivity index (χ1) is 9.10. The lowest BCUT2D eigenvalue weighted by Crippen LogP contribution is -2.27. The number of likely N-dealkylation sites (tertiary alicyclic amines) is 1. The molecule has 19 heavy (non-hydrogen) atoms. The van der Waals surface area contributed by atoms with Crippen molar-refractivity contribution in [2.24, 2.45) is 5.73 Å². The molecule has 0 amide bonds. The van der Waals surface area contributed by atoms with Crippen molar-refractivity contribution in [2.75, 3.05) is 26.7 Å². The zero-order valence-electron chi connectivity index (χ0n) is 11.1. The standard InChI is InChI=1S/C14H20N2O2S/c1-18-12-6-7-16(8-12)9-13(17)10-2-4-11(5-3-10)14(15)19/h2-5,12-13,17H,6-9H2,1H3,(H2,15,19). The van der Waals surface area contributed by atoms with Crippen LogP contribution in [0.2, 0.25) is 0 Å². The summed E-state index contributed by atoms with van der Waals surface area (Å²) >= 11 is 4.91. The van der Waals surface area contributed by atoms with E-state index in [0.717, 1.165) is 30.6 Å². The van der Waals surface area contributed by atoms with Crippen molar-refractivity contribution in [1.82, 2.24) is 4.90 Å². The van der Waals surface area contributed by atoms with Gasteiger partial charge >= 0.3 is 0 Å². The molecule has 1 aromatic rings. The molecule has 0 aromatic heterocycles. The van der Waals surface area contributed by atoms with Gasteiger partial charge < -0.3 is 15.6 Å². The highest BCUT2D eigenvalue weighted by Crippen LogP contribution is 2.19. The van der Waals surface area contributed by atoms with Crippen LogP contribution < -0.4 is 5.73 Å². The predicted octanol–water partition coefficient (Wildman–Crippen LogP) is 1.07. The maximum atomic E-state index is 10.2. The fourth-order valence-electron chi connectivity index (χ4n) is 2.37. The third kappa shape index (κ3) is 3.73. The lowest BCUT2D eigenvalue weighted by atomic mass is 10.1. The van der Waals surface area contributed by atoms with Crippen LogP contribution in [0.5, 0.6) is 0 Å². The van der Waals surface area contributed by atoms with Crippen molar-refractivity contribution >= 4 is 17.2 Å². The molecule has 0 radical (unpaired) electrons. The summed E-state index contributed by atoms with van der Waals surface area (Å²) in [4.78, 5) is 2.60. The van der Waals surface area contributed by atoms with E-state index >= 15 is 0 Å². The van der Waals surface area contributed by atoms with E-state index < -0.39 is 6.10 Å². The van der Waals surface area contributed by atoms with Gasteiger partial charge in [-0.15, -0.1) is 0 Å². The van der Waals surface area contributed by atoms with Gasteiger partial charge in [-0.05, 0) is 12.0 Å². The molecule has 1 aromatic carbocycles. The molecule has 2 unspecified atom stereocenters. The first-order valence-corrected chi connectivity index (χ1v) is 6.84. The Morgan fingerprint density at radius 3 is 2.74 bits per heavy atom. The quantitative estimate of drug-likeness (QED) is 0.790. The third-order valence-electron chi connectivity index (χ3n) is 3.57. The molecule has 1 aliphatic heterocycles. The van der Waals surface area contributed by atoms with Crippen molar-refractivity contribution < 1.29 is 9.84 Å². The van der Waals surface area contributed by atoms with E-state index in [1.54, 1.807) is 7.11 Å². The summed E-state index contributed by atoms with van der Waals surface area (Å²) in [7, 11) is 1.74. The fourth-order valence-corrected chi connectivity index (χ4v) is 2.51. The predicted molar refractivity (Wildman–Crippen MR) is 79.1 cm³/mol. The Bertz CT molecular complexity index is 436. The molecule has 3 N–H and O–H groups in total. The Hall–Kier alpha value is -1.01. The van der Waals surface area contributed by atoms with Gasteiger partial charge in [0, 0.05) is 32.3 Å². The molecule has 2 atom stereocenters. The second kappa shape index (κ2) is 6.43. The van der Waals surface area contributed by atoms with Gasteiger partial charge in [-0.25, -0.2) is 0 Å².